The molecule has 0 aliphatic heterocycles. The van der Waals surface area contributed by atoms with Crippen molar-refractivity contribution in [2.75, 3.05) is 0 Å². The molecule has 0 aromatic rings. The van der Waals surface area contributed by atoms with Crippen LogP contribution < -0.4 is 0 Å². The van der Waals surface area contributed by atoms with Crippen LogP contribution in [0.3, 0.4) is 0 Å². The van der Waals surface area contributed by atoms with E-state index in [2.05, 4.69) is 68.9 Å². The van der Waals surface area contributed by atoms with Crippen LogP contribution in [0, 0.1) is 62.1 Å². The molecule has 5 rings (SSSR count). The summed E-state index contributed by atoms with van der Waals surface area (Å²) in [6.07, 6.45) is 16.0. The molecule has 0 N–H and O–H groups in total. The van der Waals surface area contributed by atoms with Crippen molar-refractivity contribution in [3.63, 3.8) is 0 Å². The van der Waals surface area contributed by atoms with E-state index in [0.717, 1.165) is 29.6 Å². The average Bonchev–Trinajstić information content (AvgIpc) is 3.15. The lowest BCUT2D eigenvalue weighted by molar-refractivity contribution is -0.274. The smallest absolute Gasteiger partial charge is 0.0169 e. The van der Waals surface area contributed by atoms with Gasteiger partial charge < -0.3 is 0 Å². The number of hydrogen-bond donors (Lipinski definition) is 0. The third kappa shape index (κ3) is 2.71. The van der Waals surface area contributed by atoms with Gasteiger partial charge in [-0.25, -0.2) is 0 Å². The summed E-state index contributed by atoms with van der Waals surface area (Å²) in [6.45, 7) is 28.4. The Morgan fingerprint density at radius 1 is 0.758 bits per heavy atom. The minimum Gasteiger partial charge on any atom is -0.0998 e. The molecule has 0 radical (unpaired) electrons. The van der Waals surface area contributed by atoms with Crippen LogP contribution in [-0.2, 0) is 0 Å². The number of allylic oxidation sites excluding steroid dienone is 1. The maximum atomic E-state index is 4.57. The van der Waals surface area contributed by atoms with Crippen LogP contribution >= 0.6 is 0 Å². The summed E-state index contributed by atoms with van der Waals surface area (Å²) in [5.41, 5.74) is 4.53. The van der Waals surface area contributed by atoms with E-state index >= 15 is 0 Å². The van der Waals surface area contributed by atoms with Crippen LogP contribution in [0.2, 0.25) is 0 Å². The Kier molecular flexibility index (Phi) is 5.30. The highest BCUT2D eigenvalue weighted by atomic mass is 14.8. The molecule has 5 aliphatic rings. The minimum absolute atomic E-state index is 0.464. The predicted octanol–water partition coefficient (Wildman–Crippen LogP) is 10.1. The summed E-state index contributed by atoms with van der Waals surface area (Å²) in [7, 11) is 0. The molecule has 5 saturated carbocycles. The highest BCUT2D eigenvalue weighted by Crippen LogP contribution is 2.81. The van der Waals surface area contributed by atoms with Crippen molar-refractivity contribution in [1.82, 2.24) is 0 Å². The summed E-state index contributed by atoms with van der Waals surface area (Å²) in [5.74, 6) is 4.31. The molecule has 0 heterocycles. The molecular formula is C33H56. The van der Waals surface area contributed by atoms with E-state index in [4.69, 9.17) is 0 Å². The van der Waals surface area contributed by atoms with Crippen molar-refractivity contribution in [2.45, 2.75) is 133 Å². The Labute approximate surface area is 207 Å². The second kappa shape index (κ2) is 7.16. The second-order valence-corrected chi connectivity index (χ2v) is 15.8. The lowest BCUT2D eigenvalue weighted by atomic mass is 9.28. The first kappa shape index (κ1) is 24.4. The average molecular weight is 453 g/mol. The molecule has 0 aromatic heterocycles. The Bertz CT molecular complexity index is 820. The molecule has 0 aromatic carbocycles. The summed E-state index contributed by atoms with van der Waals surface area (Å²) < 4.78 is 0. The van der Waals surface area contributed by atoms with E-state index in [1.165, 1.54) is 76.2 Å². The Hall–Kier alpha value is -0.260. The van der Waals surface area contributed by atoms with E-state index in [0.29, 0.717) is 32.5 Å². The van der Waals surface area contributed by atoms with Gasteiger partial charge in [0.25, 0.3) is 0 Å². The maximum Gasteiger partial charge on any atom is -0.0169 e. The zero-order valence-electron chi connectivity index (χ0n) is 23.9. The minimum atomic E-state index is 0.464. The predicted molar refractivity (Wildman–Crippen MR) is 143 cm³/mol. The molecule has 0 saturated heterocycles. The van der Waals surface area contributed by atoms with Crippen molar-refractivity contribution in [1.29, 1.82) is 0 Å². The van der Waals surface area contributed by atoms with Gasteiger partial charge >= 0.3 is 0 Å². The third-order valence-corrected chi connectivity index (χ3v) is 15.2. The van der Waals surface area contributed by atoms with Crippen LogP contribution in [-0.4, -0.2) is 0 Å². The first-order valence-electron chi connectivity index (χ1n) is 14.9. The van der Waals surface area contributed by atoms with Gasteiger partial charge in [0.2, 0.25) is 0 Å². The van der Waals surface area contributed by atoms with Gasteiger partial charge in [-0.05, 0) is 133 Å². The van der Waals surface area contributed by atoms with Gasteiger partial charge in [0.05, 0.1) is 0 Å². The molecule has 188 valence electrons. The van der Waals surface area contributed by atoms with Crippen molar-refractivity contribution >= 4 is 0 Å². The van der Waals surface area contributed by atoms with Gasteiger partial charge in [0.1, 0.15) is 0 Å². The molecule has 6 unspecified atom stereocenters. The van der Waals surface area contributed by atoms with E-state index < -0.39 is 0 Å². The van der Waals surface area contributed by atoms with E-state index in [1.807, 2.05) is 0 Å². The van der Waals surface area contributed by atoms with Gasteiger partial charge in [0, 0.05) is 0 Å². The Balaban J connectivity index is 1.60. The topological polar surface area (TPSA) is 0 Å². The van der Waals surface area contributed by atoms with Crippen molar-refractivity contribution in [3.8, 4) is 0 Å². The fourth-order valence-electron chi connectivity index (χ4n) is 12.7. The molecule has 0 heteroatoms. The monoisotopic (exact) mass is 452 g/mol. The van der Waals surface area contributed by atoms with Crippen LogP contribution in [0.1, 0.15) is 133 Å². The summed E-state index contributed by atoms with van der Waals surface area (Å²) >= 11 is 0. The first-order valence-corrected chi connectivity index (χ1v) is 14.9. The van der Waals surface area contributed by atoms with Crippen LogP contribution in [0.15, 0.2) is 12.2 Å². The highest BCUT2D eigenvalue weighted by molar-refractivity contribution is 5.24. The molecule has 0 nitrogen and oxygen atoms in total. The lowest BCUT2D eigenvalue weighted by Gasteiger charge is -2.76. The summed E-state index contributed by atoms with van der Waals surface area (Å²) in [4.78, 5) is 0. The fraction of sp³-hybridized carbons (Fsp3) is 0.939. The number of rotatable bonds is 2. The number of hydrogen-bond acceptors (Lipinski definition) is 0. The van der Waals surface area contributed by atoms with Crippen LogP contribution in [0.4, 0.5) is 0 Å². The lowest BCUT2D eigenvalue weighted by Crippen LogP contribution is -2.69. The molecular weight excluding hydrogens is 396 g/mol. The summed E-state index contributed by atoms with van der Waals surface area (Å²) in [6, 6.07) is 0. The number of fused-ring (bicyclic) bond motifs is 7. The molecule has 10 atom stereocenters. The van der Waals surface area contributed by atoms with Crippen molar-refractivity contribution < 1.29 is 0 Å². The molecule has 0 bridgehead atoms. The van der Waals surface area contributed by atoms with Gasteiger partial charge in [-0.1, -0.05) is 74.0 Å². The quantitative estimate of drug-likeness (QED) is 0.365. The molecule has 5 fully saturated rings. The SMILES string of the molecule is C=C(C)C1CCC2(CC)CC[C@]3(C)[C@](C)(CCC4[C@@]5(C)CCC(C)C(C)(C)C5CC[C@]43C)C12. The molecule has 5 aliphatic carbocycles. The zero-order valence-corrected chi connectivity index (χ0v) is 23.9. The van der Waals surface area contributed by atoms with Gasteiger partial charge in [-0.3, -0.25) is 0 Å². The van der Waals surface area contributed by atoms with Gasteiger partial charge in [-0.2, -0.15) is 0 Å². The van der Waals surface area contributed by atoms with Crippen LogP contribution in [0.25, 0.3) is 0 Å². The third-order valence-electron chi connectivity index (χ3n) is 15.2. The molecule has 0 spiro atoms. The van der Waals surface area contributed by atoms with E-state index in [9.17, 15) is 0 Å². The summed E-state index contributed by atoms with van der Waals surface area (Å²) in [5, 5.41) is 0. The van der Waals surface area contributed by atoms with Crippen molar-refractivity contribution in [2.24, 2.45) is 62.1 Å². The molecule has 33 heavy (non-hydrogen) atoms. The van der Waals surface area contributed by atoms with E-state index in [1.54, 1.807) is 0 Å². The fourth-order valence-corrected chi connectivity index (χ4v) is 12.7. The first-order chi connectivity index (χ1) is 15.2. The maximum absolute atomic E-state index is 4.57. The Morgan fingerprint density at radius 2 is 1.39 bits per heavy atom. The highest BCUT2D eigenvalue weighted by Gasteiger charge is 2.74. The van der Waals surface area contributed by atoms with Crippen molar-refractivity contribution in [3.05, 3.63) is 12.2 Å². The zero-order chi connectivity index (χ0) is 24.2. The van der Waals surface area contributed by atoms with Gasteiger partial charge in [-0.15, -0.1) is 0 Å². The van der Waals surface area contributed by atoms with Gasteiger partial charge in [0.15, 0.2) is 0 Å². The van der Waals surface area contributed by atoms with E-state index in [-0.39, 0.29) is 0 Å². The normalized spacial score (nSPS) is 57.4. The molecule has 0 amide bonds. The second-order valence-electron chi connectivity index (χ2n) is 15.8. The standard InChI is InChI=1S/C33H56/c1-11-33-19-13-24(22(2)3)27(33)31(9)18-15-26-29(7)16-12-23(4)28(5,6)25(29)14-17-30(26,8)32(31,10)20-21-33/h23-27H,2,11-21H2,1,3-10H3/t23?,24?,25?,26?,27?,29-,30+,31+,32-,33?/m0/s1. The Morgan fingerprint density at radius 3 is 2.03 bits per heavy atom. The largest absolute Gasteiger partial charge is 0.0998 e. The van der Waals surface area contributed by atoms with Crippen LogP contribution in [0.5, 0.6) is 0 Å².